The van der Waals surface area contributed by atoms with Crippen molar-refractivity contribution >= 4 is 47.8 Å². The van der Waals surface area contributed by atoms with Gasteiger partial charge in [-0.15, -0.1) is 0 Å². The lowest BCUT2D eigenvalue weighted by molar-refractivity contribution is -0.157. The SMILES string of the molecule is C=CC(=O)OCC1C[C@@H]2C3CC(CC3COC(=O)/C=C/C(=O)OCC3C[C@@H]4C5CC(CC5COC(=O)CC(=O)OCC5CC6CC5[C@@H]5CC(COC(=O)/C=C/C(=O)OCC7CC8CC7[C@H]7CC(COC(=O)C(=C)C)C[C@@H]87)C[C@H]65)[C@@H]4C3)[C@@H]2C1. The number of rotatable bonds is 24. The fourth-order valence-corrected chi connectivity index (χ4v) is 21.1. The van der Waals surface area contributed by atoms with Crippen LogP contribution in [0.1, 0.15) is 116 Å². The molecule has 12 saturated carbocycles. The topological polar surface area (TPSA) is 210 Å². The second-order valence-electron chi connectivity index (χ2n) is 28.2. The minimum atomic E-state index is -0.548. The Balaban J connectivity index is 0.491. The highest BCUT2D eigenvalue weighted by molar-refractivity contribution is 5.92. The van der Waals surface area contributed by atoms with Crippen LogP contribution in [0.5, 0.6) is 0 Å². The van der Waals surface area contributed by atoms with Crippen LogP contribution in [0.25, 0.3) is 0 Å². The maximum Gasteiger partial charge on any atom is 0.333 e. The maximum atomic E-state index is 12.9. The third kappa shape index (κ3) is 12.2. The predicted octanol–water partition coefficient (Wildman–Crippen LogP) is 8.79. The molecule has 0 aliphatic heterocycles. The molecular weight excluding hydrogens is 1050 g/mol. The van der Waals surface area contributed by atoms with Crippen LogP contribution in [0.2, 0.25) is 0 Å². The van der Waals surface area contributed by atoms with Gasteiger partial charge in [-0.2, -0.15) is 0 Å². The van der Waals surface area contributed by atoms with Gasteiger partial charge in [-0.1, -0.05) is 13.2 Å². The summed E-state index contributed by atoms with van der Waals surface area (Å²) in [6.45, 7) is 11.6. The highest BCUT2D eigenvalue weighted by Gasteiger charge is 2.60. The van der Waals surface area contributed by atoms with E-state index in [9.17, 15) is 38.4 Å². The molecule has 16 nitrogen and oxygen atoms in total. The Bertz CT molecular complexity index is 2570. The summed E-state index contributed by atoms with van der Waals surface area (Å²) in [5.74, 6) is 7.33. The Hall–Kier alpha value is -5.28. The van der Waals surface area contributed by atoms with Crippen molar-refractivity contribution in [2.24, 2.45) is 142 Å². The van der Waals surface area contributed by atoms with E-state index in [4.69, 9.17) is 37.9 Å². The zero-order valence-electron chi connectivity index (χ0n) is 47.9. The van der Waals surface area contributed by atoms with Crippen molar-refractivity contribution in [1.82, 2.24) is 0 Å². The van der Waals surface area contributed by atoms with E-state index in [1.54, 1.807) is 6.92 Å². The molecule has 12 rings (SSSR count). The first kappa shape index (κ1) is 57.2. The summed E-state index contributed by atoms with van der Waals surface area (Å²) in [6, 6.07) is 0. The van der Waals surface area contributed by atoms with E-state index < -0.39 is 42.2 Å². The molecule has 12 aliphatic rings. The third-order valence-electron chi connectivity index (χ3n) is 24.0. The molecule has 0 N–H and O–H groups in total. The second-order valence-corrected chi connectivity index (χ2v) is 28.2. The van der Waals surface area contributed by atoms with E-state index in [2.05, 4.69) is 13.2 Å². The summed E-state index contributed by atoms with van der Waals surface area (Å²) in [6.07, 6.45) is 22.3. The predicted molar refractivity (Wildman–Crippen MR) is 293 cm³/mol. The van der Waals surface area contributed by atoms with Gasteiger partial charge in [0.25, 0.3) is 0 Å². The highest BCUT2D eigenvalue weighted by Crippen LogP contribution is 2.65. The van der Waals surface area contributed by atoms with Gasteiger partial charge >= 0.3 is 47.8 Å². The Kier molecular flexibility index (Phi) is 17.0. The van der Waals surface area contributed by atoms with E-state index in [1.807, 2.05) is 0 Å². The number of carbonyl (C=O) groups excluding carboxylic acids is 8. The fraction of sp³-hybridized carbons (Fsp3) is 0.758. The number of hydrogen-bond acceptors (Lipinski definition) is 16. The first-order valence-corrected chi connectivity index (χ1v) is 31.6. The largest absolute Gasteiger partial charge is 0.465 e. The van der Waals surface area contributed by atoms with E-state index >= 15 is 0 Å². The molecule has 8 bridgehead atoms. The standard InChI is InChI=1S/C66H86O16/c1-4-59(67)75-26-35-9-47-39-17-43(51(21-39)55(47)13-35)30-78-62(70)7-5-60(68)76-27-36-10-48-41-19-45(53(23-41)56(48)14-36)32-80-64(72)25-65(73)81-33-46-20-42-24-54(46)57-15-37(11-49(42)57)28-77-61(69)6-8-63(71)79-31-44-18-40-22-52(44)58-16-38(12-50(40)58)29-82-66(74)34(2)3/h4-8,35-58H,1-2,9-33H2,3H3/b7-5+,8-6+/t35?,36?,37?,38?,39?,40?,41?,42?,43?,44?,45?,46?,47-,48-,49+,50-,51?,52?,53?,54?,55-,56-,57+,58-/m0/s1. The minimum absolute atomic E-state index is 0.245. The average Bonchev–Trinajstić information content (AvgIpc) is 4.38. The van der Waals surface area contributed by atoms with Crippen molar-refractivity contribution < 1.29 is 76.3 Å². The molecular formula is C66H86O16. The molecule has 16 heteroatoms. The van der Waals surface area contributed by atoms with Crippen molar-refractivity contribution in [3.63, 3.8) is 0 Å². The average molecular weight is 1140 g/mol. The molecule has 0 spiro atoms. The molecule has 0 aromatic rings. The van der Waals surface area contributed by atoms with Gasteiger partial charge in [0.1, 0.15) is 6.42 Å². The van der Waals surface area contributed by atoms with E-state index in [-0.39, 0.29) is 35.6 Å². The van der Waals surface area contributed by atoms with Gasteiger partial charge in [-0.05, 0) is 252 Å². The fourth-order valence-electron chi connectivity index (χ4n) is 21.1. The summed E-state index contributed by atoms with van der Waals surface area (Å²) in [7, 11) is 0. The maximum absolute atomic E-state index is 12.9. The zero-order chi connectivity index (χ0) is 56.9. The first-order valence-electron chi connectivity index (χ1n) is 31.6. The van der Waals surface area contributed by atoms with Crippen LogP contribution < -0.4 is 0 Å². The molecule has 24 atom stereocenters. The molecule has 12 fully saturated rings. The lowest BCUT2D eigenvalue weighted by Crippen LogP contribution is -2.29. The summed E-state index contributed by atoms with van der Waals surface area (Å²) < 4.78 is 44.8. The number of hydrogen-bond donors (Lipinski definition) is 0. The first-order chi connectivity index (χ1) is 39.6. The van der Waals surface area contributed by atoms with Crippen molar-refractivity contribution in [3.05, 3.63) is 49.1 Å². The molecule has 0 saturated heterocycles. The van der Waals surface area contributed by atoms with Gasteiger partial charge in [0.2, 0.25) is 0 Å². The minimum Gasteiger partial charge on any atom is -0.465 e. The third-order valence-corrected chi connectivity index (χ3v) is 24.0. The smallest absolute Gasteiger partial charge is 0.333 e. The molecule has 0 radical (unpaired) electrons. The Morgan fingerprint density at radius 2 is 0.598 bits per heavy atom. The van der Waals surface area contributed by atoms with Gasteiger partial charge in [-0.25, -0.2) is 28.8 Å². The normalized spacial score (nSPS) is 41.5. The zero-order valence-corrected chi connectivity index (χ0v) is 47.9. The van der Waals surface area contributed by atoms with E-state index in [0.717, 1.165) is 89.9 Å². The van der Waals surface area contributed by atoms with Crippen LogP contribution in [-0.4, -0.2) is 101 Å². The molecule has 16 unspecified atom stereocenters. The van der Waals surface area contributed by atoms with Crippen LogP contribution in [0.3, 0.4) is 0 Å². The van der Waals surface area contributed by atoms with Gasteiger partial charge in [-0.3, -0.25) is 9.59 Å². The molecule has 0 aromatic heterocycles. The monoisotopic (exact) mass is 1130 g/mol. The second kappa shape index (κ2) is 24.4. The molecule has 0 aromatic carbocycles. The number of ether oxygens (including phenoxy) is 8. The highest BCUT2D eigenvalue weighted by atomic mass is 16.6. The van der Waals surface area contributed by atoms with Crippen molar-refractivity contribution in [3.8, 4) is 0 Å². The number of carbonyl (C=O) groups is 8. The summed E-state index contributed by atoms with van der Waals surface area (Å²) in [4.78, 5) is 100. The molecule has 82 heavy (non-hydrogen) atoms. The van der Waals surface area contributed by atoms with Gasteiger partial charge in [0, 0.05) is 36.0 Å². The molecule has 12 aliphatic carbocycles. The quantitative estimate of drug-likeness (QED) is 0.0383. The van der Waals surface area contributed by atoms with Crippen molar-refractivity contribution in [1.29, 1.82) is 0 Å². The van der Waals surface area contributed by atoms with Crippen LogP contribution in [0, 0.1) is 142 Å². The summed E-state index contributed by atoms with van der Waals surface area (Å²) in [5.41, 5.74) is 0.421. The van der Waals surface area contributed by atoms with Crippen LogP contribution in [0.4, 0.5) is 0 Å². The van der Waals surface area contributed by atoms with E-state index in [1.165, 1.54) is 43.2 Å². The Morgan fingerprint density at radius 3 is 0.902 bits per heavy atom. The van der Waals surface area contributed by atoms with E-state index in [0.29, 0.717) is 177 Å². The Morgan fingerprint density at radius 1 is 0.329 bits per heavy atom. The van der Waals surface area contributed by atoms with Crippen molar-refractivity contribution in [2.75, 3.05) is 52.9 Å². The van der Waals surface area contributed by atoms with Crippen LogP contribution in [0.15, 0.2) is 49.1 Å². The summed E-state index contributed by atoms with van der Waals surface area (Å²) in [5, 5.41) is 0. The van der Waals surface area contributed by atoms with Gasteiger partial charge in [0.05, 0.1) is 52.9 Å². The molecule has 0 amide bonds. The van der Waals surface area contributed by atoms with Crippen LogP contribution >= 0.6 is 0 Å². The van der Waals surface area contributed by atoms with Gasteiger partial charge in [0.15, 0.2) is 0 Å². The van der Waals surface area contributed by atoms with Gasteiger partial charge < -0.3 is 37.9 Å². The lowest BCUT2D eigenvalue weighted by atomic mass is 9.76. The van der Waals surface area contributed by atoms with Crippen molar-refractivity contribution in [2.45, 2.75) is 116 Å². The summed E-state index contributed by atoms with van der Waals surface area (Å²) >= 11 is 0. The molecule has 446 valence electrons. The Labute approximate surface area is 482 Å². The number of fused-ring (bicyclic) bond motifs is 20. The lowest BCUT2D eigenvalue weighted by Gasteiger charge is -2.31. The number of esters is 8. The van der Waals surface area contributed by atoms with Crippen LogP contribution in [-0.2, 0) is 76.3 Å². The molecule has 0 heterocycles.